The summed E-state index contributed by atoms with van der Waals surface area (Å²) in [7, 11) is 0. The summed E-state index contributed by atoms with van der Waals surface area (Å²) < 4.78 is 36.6. The van der Waals surface area contributed by atoms with E-state index in [1.807, 2.05) is 0 Å². The molecule has 0 atom stereocenters. The maximum Gasteiger partial charge on any atom is 0.241 e. The van der Waals surface area contributed by atoms with Crippen LogP contribution in [-0.4, -0.2) is 42.4 Å². The first-order valence-electron chi connectivity index (χ1n) is 35.5. The molecule has 0 bridgehead atoms. The van der Waals surface area contributed by atoms with Crippen LogP contribution < -0.4 is 0 Å². The molecule has 0 aliphatic heterocycles. The molecule has 25 aromatic rings. The van der Waals surface area contributed by atoms with E-state index in [1.165, 1.54) is 0 Å². The van der Waals surface area contributed by atoms with Crippen molar-refractivity contribution in [3.8, 4) is 34.9 Å². The third-order valence-corrected chi connectivity index (χ3v) is 22.4. The topological polar surface area (TPSA) is 108 Å². The Morgan fingerprint density at radius 2 is 0.381 bits per heavy atom. The minimum Gasteiger partial charge on any atom is -0.454 e. The highest BCUT2D eigenvalue weighted by molar-refractivity contribution is 6.43. The van der Waals surface area contributed by atoms with E-state index in [4.69, 9.17) is 28.2 Å². The van der Waals surface area contributed by atoms with Crippen molar-refractivity contribution in [1.29, 1.82) is 0 Å². The summed E-state index contributed by atoms with van der Waals surface area (Å²) in [5.74, 6) is 1.09. The van der Waals surface area contributed by atoms with Crippen LogP contribution in [0.5, 0.6) is 0 Å². The lowest BCUT2D eigenvalue weighted by molar-refractivity contribution is 0.670. The maximum absolute atomic E-state index is 7.50. The van der Waals surface area contributed by atoms with E-state index in [2.05, 4.69) is 337 Å². The fourth-order valence-corrected chi connectivity index (χ4v) is 18.5. The third kappa shape index (κ3) is 7.02. The predicted molar refractivity (Wildman–Crippen MR) is 428 cm³/mol. The molecule has 12 nitrogen and oxygen atoms in total. The molecule has 0 fully saturated rings. The Morgan fingerprint density at radius 1 is 0.171 bits per heavy atom. The molecule has 0 spiro atoms. The zero-order valence-electron chi connectivity index (χ0n) is 55.7. The number of furan rings is 3. The second kappa shape index (κ2) is 20.2. The number of rotatable bonds is 6. The maximum atomic E-state index is 7.50. The number of nitrogens with zero attached hydrogens (tertiary/aromatic N) is 9. The molecule has 486 valence electrons. The van der Waals surface area contributed by atoms with Gasteiger partial charge in [0, 0.05) is 114 Å². The molecular formula is C93H51N9O3. The van der Waals surface area contributed by atoms with Crippen LogP contribution in [0, 0.1) is 0 Å². The van der Waals surface area contributed by atoms with E-state index in [1.54, 1.807) is 0 Å². The Balaban J connectivity index is 0.926. The molecule has 10 aromatic heterocycles. The Bertz CT molecular complexity index is 7380. The van der Waals surface area contributed by atoms with Crippen LogP contribution in [0.4, 0.5) is 0 Å². The molecule has 10 heterocycles. The number of para-hydroxylation sites is 12. The molecule has 15 aromatic carbocycles. The first kappa shape index (κ1) is 55.3. The molecule has 0 unspecified atom stereocenters. The average molecular weight is 1340 g/mol. The summed E-state index contributed by atoms with van der Waals surface area (Å²) in [5, 5.41) is 18.6. The molecule has 105 heavy (non-hydrogen) atoms. The number of hydrogen-bond donors (Lipinski definition) is 0. The van der Waals surface area contributed by atoms with Gasteiger partial charge in [0.25, 0.3) is 0 Å². The van der Waals surface area contributed by atoms with Crippen LogP contribution >= 0.6 is 0 Å². The molecular weight excluding hydrogens is 1290 g/mol. The third-order valence-electron chi connectivity index (χ3n) is 22.4. The minimum absolute atomic E-state index is 0.363. The second-order valence-corrected chi connectivity index (χ2v) is 27.6. The van der Waals surface area contributed by atoms with E-state index >= 15 is 0 Å². The van der Waals surface area contributed by atoms with Gasteiger partial charge in [-0.25, -0.2) is 0 Å². The van der Waals surface area contributed by atoms with Crippen LogP contribution in [0.1, 0.15) is 0 Å². The quantitative estimate of drug-likeness (QED) is 0.164. The van der Waals surface area contributed by atoms with Crippen molar-refractivity contribution in [2.45, 2.75) is 0 Å². The fraction of sp³-hybridized carbons (Fsp3) is 0. The molecule has 0 N–H and O–H groups in total. The number of hydrogen-bond acceptors (Lipinski definition) is 6. The van der Waals surface area contributed by atoms with Crippen LogP contribution in [0.2, 0.25) is 0 Å². The van der Waals surface area contributed by atoms with Crippen molar-refractivity contribution >= 4 is 197 Å². The van der Waals surface area contributed by atoms with Crippen molar-refractivity contribution in [2.75, 3.05) is 0 Å². The summed E-state index contributed by atoms with van der Waals surface area (Å²) in [6.07, 6.45) is 0. The van der Waals surface area contributed by atoms with Gasteiger partial charge in [-0.2, -0.15) is 15.0 Å². The summed E-state index contributed by atoms with van der Waals surface area (Å²) in [5.41, 5.74) is 19.0. The van der Waals surface area contributed by atoms with Gasteiger partial charge in [-0.3, -0.25) is 13.7 Å². The Hall–Kier alpha value is -14.5. The van der Waals surface area contributed by atoms with Crippen molar-refractivity contribution in [1.82, 2.24) is 42.4 Å². The van der Waals surface area contributed by atoms with Gasteiger partial charge in [-0.15, -0.1) is 0 Å². The van der Waals surface area contributed by atoms with E-state index in [0.29, 0.717) is 34.6 Å². The average Bonchev–Trinajstić information content (AvgIpc) is 1.53. The number of benzene rings is 15. The molecule has 0 aliphatic rings. The highest BCUT2D eigenvalue weighted by atomic mass is 16.3. The largest absolute Gasteiger partial charge is 0.454 e. The minimum atomic E-state index is 0.363. The van der Waals surface area contributed by atoms with Gasteiger partial charge in [0.2, 0.25) is 17.8 Å². The molecule has 0 aliphatic carbocycles. The van der Waals surface area contributed by atoms with E-state index in [9.17, 15) is 0 Å². The Labute approximate surface area is 593 Å². The Kier molecular flexibility index (Phi) is 10.6. The lowest BCUT2D eigenvalue weighted by Gasteiger charge is -2.15. The summed E-state index contributed by atoms with van der Waals surface area (Å²) in [6, 6.07) is 110. The van der Waals surface area contributed by atoms with Gasteiger partial charge in [0.15, 0.2) is 16.7 Å². The number of aromatic nitrogens is 9. The standard InChI is InChI=1S/C93H51N9O3/c1-4-28-52(29-5-1)97-64-43-19-10-34-55(64)73-76-61-40-16-25-49-70(61)103-88(76)85-79(82(73)97)58-37-13-22-46-67(58)100(85)91-94-92(101-68-47-23-14-38-59(68)80-83-74(77-62-41-17-26-50-71(62)104-89(77)86(80)101)56-35-11-20-44-65(56)98(83)53-30-6-2-7-31-53)96-93(95-91)102-69-48-24-15-39-60(69)81-84-75(78-63-42-18-27-51-72(63)105-90(78)87(81)102)57-36-12-21-45-66(57)99(84)54-32-8-3-9-33-54/h1-51H. The zero-order valence-corrected chi connectivity index (χ0v) is 55.7. The van der Waals surface area contributed by atoms with Gasteiger partial charge in [0.1, 0.15) is 33.3 Å². The monoisotopic (exact) mass is 1340 g/mol. The van der Waals surface area contributed by atoms with E-state index in [0.717, 1.165) is 197 Å². The van der Waals surface area contributed by atoms with Crippen molar-refractivity contribution < 1.29 is 13.3 Å². The summed E-state index contributed by atoms with van der Waals surface area (Å²) in [6.45, 7) is 0. The lowest BCUT2D eigenvalue weighted by Crippen LogP contribution is -2.13. The molecule has 0 saturated heterocycles. The van der Waals surface area contributed by atoms with Gasteiger partial charge >= 0.3 is 0 Å². The molecule has 0 saturated carbocycles. The Morgan fingerprint density at radius 3 is 0.648 bits per heavy atom. The van der Waals surface area contributed by atoms with Crippen molar-refractivity contribution in [3.05, 3.63) is 309 Å². The number of fused-ring (bicyclic) bond motifs is 36. The smallest absolute Gasteiger partial charge is 0.241 e. The van der Waals surface area contributed by atoms with E-state index < -0.39 is 0 Å². The fourth-order valence-electron chi connectivity index (χ4n) is 18.5. The van der Waals surface area contributed by atoms with Crippen molar-refractivity contribution in [3.63, 3.8) is 0 Å². The highest BCUT2D eigenvalue weighted by Crippen LogP contribution is 2.54. The normalized spacial score (nSPS) is 12.6. The summed E-state index contributed by atoms with van der Waals surface area (Å²) >= 11 is 0. The molecule has 12 heteroatoms. The molecule has 0 radical (unpaired) electrons. The second-order valence-electron chi connectivity index (χ2n) is 27.6. The molecule has 0 amide bonds. The zero-order chi connectivity index (χ0) is 68.0. The van der Waals surface area contributed by atoms with Crippen molar-refractivity contribution in [2.24, 2.45) is 0 Å². The van der Waals surface area contributed by atoms with Crippen LogP contribution in [0.25, 0.3) is 232 Å². The molecule has 25 rings (SSSR count). The SMILES string of the molecule is c1ccc(-n2c3ccccc3c3c4c5ccccc5oc4c4c(c5ccccc5n4-c4nc(-n5c6ccccc6c6c5c5oc7ccccc7c5c5c7ccccc7n(-c7ccccc7)c56)nc(-n5c6ccccc6c6c5c5oc7ccccc7c5c5c7ccccc7n(-c7ccccc7)c56)n4)c32)cc1. The first-order chi connectivity index (χ1) is 52.2. The summed E-state index contributed by atoms with van der Waals surface area (Å²) in [4.78, 5) is 18.3. The van der Waals surface area contributed by atoms with Gasteiger partial charge < -0.3 is 27.0 Å². The van der Waals surface area contributed by atoms with Gasteiger partial charge in [-0.1, -0.05) is 218 Å². The van der Waals surface area contributed by atoms with Crippen LogP contribution in [-0.2, 0) is 0 Å². The van der Waals surface area contributed by atoms with Crippen LogP contribution in [0.3, 0.4) is 0 Å². The highest BCUT2D eigenvalue weighted by Gasteiger charge is 2.35. The van der Waals surface area contributed by atoms with Crippen LogP contribution in [0.15, 0.2) is 323 Å². The van der Waals surface area contributed by atoms with Gasteiger partial charge in [0.05, 0.1) is 49.7 Å². The lowest BCUT2D eigenvalue weighted by atomic mass is 10.0. The van der Waals surface area contributed by atoms with E-state index in [-0.39, 0.29) is 0 Å². The van der Waals surface area contributed by atoms with Gasteiger partial charge in [-0.05, 0) is 91.0 Å². The first-order valence-corrected chi connectivity index (χ1v) is 35.5. The predicted octanol–water partition coefficient (Wildman–Crippen LogP) is 24.2.